The zero-order valence-corrected chi connectivity index (χ0v) is 12.6. The molecule has 0 aliphatic carbocycles. The Kier molecular flexibility index (Phi) is 4.40. The van der Waals surface area contributed by atoms with Crippen LogP contribution in [-0.2, 0) is 0 Å². The smallest absolute Gasteiger partial charge is 0.254 e. The van der Waals surface area contributed by atoms with E-state index in [-0.39, 0.29) is 11.4 Å². The number of nitrogen functional groups attached to an aromatic ring is 1. The highest BCUT2D eigenvalue weighted by molar-refractivity contribution is 5.97. The van der Waals surface area contributed by atoms with Crippen molar-refractivity contribution >= 4 is 11.6 Å². The van der Waals surface area contributed by atoms with Crippen LogP contribution >= 0.6 is 0 Å². The SMILES string of the molecule is C=CCN(C(=O)c1cc(N)c(C)cc1C)C(C)(C)C. The minimum absolute atomic E-state index is 0.00315. The van der Waals surface area contributed by atoms with Crippen LogP contribution in [0.1, 0.15) is 42.3 Å². The van der Waals surface area contributed by atoms with E-state index in [2.05, 4.69) is 6.58 Å². The number of anilines is 1. The number of rotatable bonds is 3. The molecule has 3 nitrogen and oxygen atoms in total. The molecule has 2 N–H and O–H groups in total. The Balaban J connectivity index is 3.24. The fraction of sp³-hybridized carbons (Fsp3) is 0.438. The van der Waals surface area contributed by atoms with E-state index in [1.165, 1.54) is 0 Å². The first-order valence-electron chi connectivity index (χ1n) is 6.48. The third-order valence-corrected chi connectivity index (χ3v) is 3.21. The minimum Gasteiger partial charge on any atom is -0.398 e. The molecule has 104 valence electrons. The van der Waals surface area contributed by atoms with E-state index in [9.17, 15) is 4.79 Å². The van der Waals surface area contributed by atoms with Crippen LogP contribution < -0.4 is 5.73 Å². The standard InChI is InChI=1S/C16H24N2O/c1-7-8-18(16(4,5)6)15(19)13-10-14(17)12(3)9-11(13)2/h7,9-10H,1,8,17H2,2-6H3. The quantitative estimate of drug-likeness (QED) is 0.669. The Morgan fingerprint density at radius 3 is 2.37 bits per heavy atom. The summed E-state index contributed by atoms with van der Waals surface area (Å²) in [5.41, 5.74) is 8.94. The molecule has 1 aromatic rings. The van der Waals surface area contributed by atoms with E-state index in [0.717, 1.165) is 11.1 Å². The molecular formula is C16H24N2O. The molecule has 0 aromatic heterocycles. The molecule has 3 heteroatoms. The van der Waals surface area contributed by atoms with Gasteiger partial charge in [-0.05, 0) is 51.8 Å². The summed E-state index contributed by atoms with van der Waals surface area (Å²) in [5.74, 6) is -0.00315. The van der Waals surface area contributed by atoms with Crippen LogP contribution in [0.5, 0.6) is 0 Å². The van der Waals surface area contributed by atoms with Gasteiger partial charge in [0.2, 0.25) is 0 Å². The van der Waals surface area contributed by atoms with Gasteiger partial charge in [-0.3, -0.25) is 4.79 Å². The number of carbonyl (C=O) groups is 1. The second-order valence-corrected chi connectivity index (χ2v) is 5.90. The van der Waals surface area contributed by atoms with E-state index in [0.29, 0.717) is 17.8 Å². The zero-order valence-electron chi connectivity index (χ0n) is 12.6. The lowest BCUT2D eigenvalue weighted by atomic mass is 9.99. The normalized spacial score (nSPS) is 11.2. The lowest BCUT2D eigenvalue weighted by molar-refractivity contribution is 0.0616. The summed E-state index contributed by atoms with van der Waals surface area (Å²) >= 11 is 0. The number of hydrogen-bond donors (Lipinski definition) is 1. The summed E-state index contributed by atoms with van der Waals surface area (Å²) < 4.78 is 0. The van der Waals surface area contributed by atoms with Crippen LogP contribution in [-0.4, -0.2) is 22.9 Å². The molecule has 0 atom stereocenters. The first kappa shape index (κ1) is 15.3. The molecule has 0 fully saturated rings. The maximum absolute atomic E-state index is 12.7. The Morgan fingerprint density at radius 2 is 1.89 bits per heavy atom. The van der Waals surface area contributed by atoms with Gasteiger partial charge in [0, 0.05) is 23.3 Å². The summed E-state index contributed by atoms with van der Waals surface area (Å²) in [5, 5.41) is 0. The predicted octanol–water partition coefficient (Wildman–Crippen LogP) is 3.31. The minimum atomic E-state index is -0.253. The van der Waals surface area contributed by atoms with Gasteiger partial charge in [-0.1, -0.05) is 12.1 Å². The number of nitrogens with two attached hydrogens (primary N) is 1. The van der Waals surface area contributed by atoms with Gasteiger partial charge >= 0.3 is 0 Å². The summed E-state index contributed by atoms with van der Waals surface area (Å²) in [7, 11) is 0. The monoisotopic (exact) mass is 260 g/mol. The van der Waals surface area contributed by atoms with Gasteiger partial charge in [0.25, 0.3) is 5.91 Å². The van der Waals surface area contributed by atoms with Gasteiger partial charge in [0.15, 0.2) is 0 Å². The number of nitrogens with zero attached hydrogens (tertiary/aromatic N) is 1. The summed E-state index contributed by atoms with van der Waals surface area (Å²) in [6, 6.07) is 3.73. The molecule has 1 amide bonds. The topological polar surface area (TPSA) is 46.3 Å². The molecule has 0 radical (unpaired) electrons. The lowest BCUT2D eigenvalue weighted by Crippen LogP contribution is -2.45. The molecule has 0 aliphatic rings. The number of carbonyl (C=O) groups excluding carboxylic acids is 1. The first-order chi connectivity index (χ1) is 8.68. The first-order valence-corrected chi connectivity index (χ1v) is 6.48. The lowest BCUT2D eigenvalue weighted by Gasteiger charge is -2.35. The van der Waals surface area contributed by atoms with Gasteiger partial charge in [0.05, 0.1) is 0 Å². The van der Waals surface area contributed by atoms with Gasteiger partial charge in [-0.25, -0.2) is 0 Å². The number of hydrogen-bond acceptors (Lipinski definition) is 2. The van der Waals surface area contributed by atoms with Gasteiger partial charge in [0.1, 0.15) is 0 Å². The summed E-state index contributed by atoms with van der Waals surface area (Å²) in [6.45, 7) is 14.2. The van der Waals surface area contributed by atoms with Crippen LogP contribution in [0.3, 0.4) is 0 Å². The van der Waals surface area contributed by atoms with Gasteiger partial charge in [-0.2, -0.15) is 0 Å². The summed E-state index contributed by atoms with van der Waals surface area (Å²) in [6.07, 6.45) is 1.75. The van der Waals surface area contributed by atoms with Crippen LogP contribution in [0.2, 0.25) is 0 Å². The second kappa shape index (κ2) is 5.47. The second-order valence-electron chi connectivity index (χ2n) is 5.90. The molecule has 19 heavy (non-hydrogen) atoms. The van der Waals surface area contributed by atoms with Crippen LogP contribution in [0.15, 0.2) is 24.8 Å². The predicted molar refractivity (Wildman–Crippen MR) is 81.3 cm³/mol. The molecule has 1 aromatic carbocycles. The average Bonchev–Trinajstić information content (AvgIpc) is 2.28. The fourth-order valence-electron chi connectivity index (χ4n) is 2.04. The molecule has 0 heterocycles. The van der Waals surface area contributed by atoms with Crippen molar-refractivity contribution in [3.63, 3.8) is 0 Å². The van der Waals surface area contributed by atoms with Gasteiger partial charge < -0.3 is 10.6 Å². The summed E-state index contributed by atoms with van der Waals surface area (Å²) in [4.78, 5) is 14.5. The van der Waals surface area contributed by atoms with Crippen LogP contribution in [0, 0.1) is 13.8 Å². The van der Waals surface area contributed by atoms with E-state index in [1.54, 1.807) is 17.0 Å². The van der Waals surface area contributed by atoms with E-state index in [1.807, 2.05) is 40.7 Å². The Hall–Kier alpha value is -1.77. The number of benzene rings is 1. The van der Waals surface area contributed by atoms with E-state index in [4.69, 9.17) is 5.73 Å². The van der Waals surface area contributed by atoms with Gasteiger partial charge in [-0.15, -0.1) is 6.58 Å². The maximum atomic E-state index is 12.7. The Labute approximate surface area is 116 Å². The Morgan fingerprint density at radius 1 is 1.32 bits per heavy atom. The molecule has 0 unspecified atom stereocenters. The van der Waals surface area contributed by atoms with Crippen molar-refractivity contribution in [1.82, 2.24) is 4.90 Å². The molecule has 0 spiro atoms. The van der Waals surface area contributed by atoms with Crippen molar-refractivity contribution in [3.05, 3.63) is 41.5 Å². The molecular weight excluding hydrogens is 236 g/mol. The van der Waals surface area contributed by atoms with Crippen molar-refractivity contribution in [2.75, 3.05) is 12.3 Å². The molecule has 0 saturated carbocycles. The van der Waals surface area contributed by atoms with Crippen LogP contribution in [0.4, 0.5) is 5.69 Å². The molecule has 1 rings (SSSR count). The molecule has 0 saturated heterocycles. The average molecular weight is 260 g/mol. The van der Waals surface area contributed by atoms with Crippen molar-refractivity contribution in [2.24, 2.45) is 0 Å². The molecule has 0 aliphatic heterocycles. The Bertz CT molecular complexity index is 498. The number of aryl methyl sites for hydroxylation is 2. The van der Waals surface area contributed by atoms with E-state index >= 15 is 0 Å². The highest BCUT2D eigenvalue weighted by Crippen LogP contribution is 2.23. The third kappa shape index (κ3) is 3.37. The third-order valence-electron chi connectivity index (χ3n) is 3.21. The van der Waals surface area contributed by atoms with Crippen molar-refractivity contribution in [3.8, 4) is 0 Å². The fourth-order valence-corrected chi connectivity index (χ4v) is 2.04. The van der Waals surface area contributed by atoms with Crippen molar-refractivity contribution < 1.29 is 4.79 Å². The van der Waals surface area contributed by atoms with Crippen molar-refractivity contribution in [2.45, 2.75) is 40.2 Å². The van der Waals surface area contributed by atoms with Crippen LogP contribution in [0.25, 0.3) is 0 Å². The number of amides is 1. The zero-order chi connectivity index (χ0) is 14.8. The largest absolute Gasteiger partial charge is 0.398 e. The van der Waals surface area contributed by atoms with Crippen molar-refractivity contribution in [1.29, 1.82) is 0 Å². The molecule has 0 bridgehead atoms. The van der Waals surface area contributed by atoms with E-state index < -0.39 is 0 Å². The highest BCUT2D eigenvalue weighted by atomic mass is 16.2. The maximum Gasteiger partial charge on any atom is 0.254 e. The highest BCUT2D eigenvalue weighted by Gasteiger charge is 2.27.